The first kappa shape index (κ1) is 18.4. The first-order valence-electron chi connectivity index (χ1n) is 7.18. The van der Waals surface area contributed by atoms with Gasteiger partial charge in [0, 0.05) is 24.3 Å². The fourth-order valence-corrected chi connectivity index (χ4v) is 2.18. The maximum absolute atomic E-state index is 12.0. The van der Waals surface area contributed by atoms with Gasteiger partial charge in [0.25, 0.3) is 5.91 Å². The Morgan fingerprint density at radius 2 is 1.77 bits per heavy atom. The number of halogens is 1. The van der Waals surface area contributed by atoms with Crippen LogP contribution in [-0.2, 0) is 14.3 Å². The summed E-state index contributed by atoms with van der Waals surface area (Å²) in [6.45, 7) is 2.23. The van der Waals surface area contributed by atoms with E-state index in [0.717, 1.165) is 6.42 Å². The van der Waals surface area contributed by atoms with Crippen LogP contribution in [0.4, 0.5) is 11.4 Å². The highest BCUT2D eigenvalue weighted by Gasteiger charge is 2.29. The number of carbonyl (C=O) groups is 2. The van der Waals surface area contributed by atoms with Gasteiger partial charge in [-0.2, -0.15) is 0 Å². The summed E-state index contributed by atoms with van der Waals surface area (Å²) in [6, 6.07) is 7.00. The minimum absolute atomic E-state index is 0. The fraction of sp³-hybridized carbons (Fsp3) is 0.467. The quantitative estimate of drug-likeness (QED) is 0.770. The molecule has 2 amide bonds. The second kappa shape index (κ2) is 8.73. The largest absolute Gasteiger partial charge is 0.364 e. The van der Waals surface area contributed by atoms with Crippen molar-refractivity contribution in [2.75, 3.05) is 17.2 Å². The second-order valence-electron chi connectivity index (χ2n) is 5.03. The van der Waals surface area contributed by atoms with Crippen LogP contribution in [0.25, 0.3) is 0 Å². The molecule has 1 aliphatic rings. The molecule has 0 saturated carbocycles. The maximum atomic E-state index is 12.0. The van der Waals surface area contributed by atoms with Gasteiger partial charge in [-0.3, -0.25) is 9.59 Å². The molecular formula is C15H22ClN3O3. The molecule has 1 aromatic rings. The Kier molecular flexibility index (Phi) is 7.31. The summed E-state index contributed by atoms with van der Waals surface area (Å²) in [6.07, 6.45) is 1.49. The SMILES string of the molecule is CCC(=O)Nc1ccc(NC(=O)[C@@H]2CC[C@H](CN)O2)cc1.Cl. The molecule has 1 saturated heterocycles. The van der Waals surface area contributed by atoms with Gasteiger partial charge in [0.2, 0.25) is 5.91 Å². The number of nitrogens with two attached hydrogens (primary N) is 1. The highest BCUT2D eigenvalue weighted by molar-refractivity contribution is 5.95. The minimum Gasteiger partial charge on any atom is -0.364 e. The number of amides is 2. The van der Waals surface area contributed by atoms with Crippen LogP contribution in [-0.4, -0.2) is 30.6 Å². The Morgan fingerprint density at radius 1 is 1.18 bits per heavy atom. The van der Waals surface area contributed by atoms with Gasteiger partial charge in [-0.05, 0) is 37.1 Å². The lowest BCUT2D eigenvalue weighted by Crippen LogP contribution is -2.29. The van der Waals surface area contributed by atoms with E-state index in [9.17, 15) is 9.59 Å². The molecule has 2 atom stereocenters. The molecule has 1 heterocycles. The molecular weight excluding hydrogens is 306 g/mol. The summed E-state index contributed by atoms with van der Waals surface area (Å²) in [5.74, 6) is -0.199. The van der Waals surface area contributed by atoms with E-state index in [1.165, 1.54) is 0 Å². The molecule has 2 rings (SSSR count). The van der Waals surface area contributed by atoms with E-state index in [0.29, 0.717) is 30.8 Å². The molecule has 4 N–H and O–H groups in total. The van der Waals surface area contributed by atoms with Crippen molar-refractivity contribution < 1.29 is 14.3 Å². The van der Waals surface area contributed by atoms with Crippen molar-refractivity contribution in [1.29, 1.82) is 0 Å². The summed E-state index contributed by atoms with van der Waals surface area (Å²) in [5, 5.41) is 5.56. The molecule has 6 nitrogen and oxygen atoms in total. The van der Waals surface area contributed by atoms with Crippen molar-refractivity contribution in [3.05, 3.63) is 24.3 Å². The van der Waals surface area contributed by atoms with E-state index in [2.05, 4.69) is 10.6 Å². The van der Waals surface area contributed by atoms with Gasteiger partial charge in [0.05, 0.1) is 6.10 Å². The van der Waals surface area contributed by atoms with Gasteiger partial charge < -0.3 is 21.1 Å². The summed E-state index contributed by atoms with van der Waals surface area (Å²) < 4.78 is 5.54. The number of nitrogens with one attached hydrogen (secondary N) is 2. The molecule has 1 fully saturated rings. The van der Waals surface area contributed by atoms with Gasteiger partial charge in [-0.1, -0.05) is 6.92 Å². The molecule has 22 heavy (non-hydrogen) atoms. The normalized spacial score (nSPS) is 20.1. The van der Waals surface area contributed by atoms with Crippen LogP contribution in [0, 0.1) is 0 Å². The van der Waals surface area contributed by atoms with Crippen LogP contribution in [0.15, 0.2) is 24.3 Å². The third-order valence-electron chi connectivity index (χ3n) is 3.42. The number of hydrogen-bond acceptors (Lipinski definition) is 4. The molecule has 1 aromatic carbocycles. The lowest BCUT2D eigenvalue weighted by Gasteiger charge is -2.13. The third-order valence-corrected chi connectivity index (χ3v) is 3.42. The summed E-state index contributed by atoms with van der Waals surface area (Å²) in [5.41, 5.74) is 6.91. The van der Waals surface area contributed by atoms with Crippen LogP contribution in [0.5, 0.6) is 0 Å². The number of benzene rings is 1. The average Bonchev–Trinajstić information content (AvgIpc) is 2.98. The van der Waals surface area contributed by atoms with Crippen LogP contribution in [0.2, 0.25) is 0 Å². The molecule has 0 unspecified atom stereocenters. The molecule has 0 radical (unpaired) electrons. The number of ether oxygens (including phenoxy) is 1. The van der Waals surface area contributed by atoms with E-state index in [-0.39, 0.29) is 30.3 Å². The lowest BCUT2D eigenvalue weighted by atomic mass is 10.2. The highest BCUT2D eigenvalue weighted by Crippen LogP contribution is 2.21. The first-order chi connectivity index (χ1) is 10.1. The van der Waals surface area contributed by atoms with E-state index in [4.69, 9.17) is 10.5 Å². The van der Waals surface area contributed by atoms with Crippen molar-refractivity contribution in [1.82, 2.24) is 0 Å². The summed E-state index contributed by atoms with van der Waals surface area (Å²) in [7, 11) is 0. The van der Waals surface area contributed by atoms with Crippen LogP contribution in [0.1, 0.15) is 26.2 Å². The van der Waals surface area contributed by atoms with Crippen LogP contribution < -0.4 is 16.4 Å². The zero-order chi connectivity index (χ0) is 15.2. The smallest absolute Gasteiger partial charge is 0.253 e. The molecule has 122 valence electrons. The number of rotatable bonds is 5. The fourth-order valence-electron chi connectivity index (χ4n) is 2.18. The van der Waals surface area contributed by atoms with E-state index in [1.807, 2.05) is 0 Å². The Labute approximate surface area is 136 Å². The van der Waals surface area contributed by atoms with E-state index < -0.39 is 6.10 Å². The lowest BCUT2D eigenvalue weighted by molar-refractivity contribution is -0.126. The molecule has 7 heteroatoms. The maximum Gasteiger partial charge on any atom is 0.253 e. The van der Waals surface area contributed by atoms with Gasteiger partial charge >= 0.3 is 0 Å². The van der Waals surface area contributed by atoms with Crippen LogP contribution in [0.3, 0.4) is 0 Å². The number of carbonyl (C=O) groups excluding carboxylic acids is 2. The molecule has 0 aliphatic carbocycles. The zero-order valence-electron chi connectivity index (χ0n) is 12.5. The van der Waals surface area contributed by atoms with E-state index >= 15 is 0 Å². The number of anilines is 2. The van der Waals surface area contributed by atoms with Crippen molar-refractivity contribution in [3.8, 4) is 0 Å². The molecule has 0 aromatic heterocycles. The van der Waals surface area contributed by atoms with Gasteiger partial charge in [-0.15, -0.1) is 12.4 Å². The third kappa shape index (κ3) is 4.98. The Balaban J connectivity index is 0.00000242. The van der Waals surface area contributed by atoms with Crippen molar-refractivity contribution >= 4 is 35.6 Å². The highest BCUT2D eigenvalue weighted by atomic mass is 35.5. The second-order valence-corrected chi connectivity index (χ2v) is 5.03. The summed E-state index contributed by atoms with van der Waals surface area (Å²) >= 11 is 0. The molecule has 0 spiro atoms. The topological polar surface area (TPSA) is 93.5 Å². The monoisotopic (exact) mass is 327 g/mol. The predicted octanol–water partition coefficient (Wildman–Crippen LogP) is 1.90. The number of hydrogen-bond donors (Lipinski definition) is 3. The van der Waals surface area contributed by atoms with Crippen molar-refractivity contribution in [3.63, 3.8) is 0 Å². The molecule has 1 aliphatic heterocycles. The molecule has 0 bridgehead atoms. The Morgan fingerprint density at radius 3 is 2.27 bits per heavy atom. The van der Waals surface area contributed by atoms with Crippen molar-refractivity contribution in [2.45, 2.75) is 38.4 Å². The van der Waals surface area contributed by atoms with Gasteiger partial charge in [0.15, 0.2) is 0 Å². The standard InChI is InChI=1S/C15H21N3O3.ClH/c1-2-14(19)17-10-3-5-11(6-4-10)18-15(20)13-8-7-12(9-16)21-13;/h3-6,12-13H,2,7-9,16H2,1H3,(H,17,19)(H,18,20);1H/t12-,13+;/m1./s1. The average molecular weight is 328 g/mol. The Hall–Kier alpha value is -1.63. The van der Waals surface area contributed by atoms with Gasteiger partial charge in [0.1, 0.15) is 6.10 Å². The summed E-state index contributed by atoms with van der Waals surface area (Å²) in [4.78, 5) is 23.3. The Bertz CT molecular complexity index is 507. The van der Waals surface area contributed by atoms with Gasteiger partial charge in [-0.25, -0.2) is 0 Å². The van der Waals surface area contributed by atoms with Crippen LogP contribution >= 0.6 is 12.4 Å². The zero-order valence-corrected chi connectivity index (χ0v) is 13.3. The minimum atomic E-state index is -0.432. The van der Waals surface area contributed by atoms with Crippen molar-refractivity contribution in [2.24, 2.45) is 5.73 Å². The first-order valence-corrected chi connectivity index (χ1v) is 7.18. The van der Waals surface area contributed by atoms with E-state index in [1.54, 1.807) is 31.2 Å². The predicted molar refractivity (Wildman–Crippen MR) is 88.2 cm³/mol.